The molecular formula is C20H16ClF2N5S. The Morgan fingerprint density at radius 1 is 1.03 bits per heavy atom. The number of alkyl halides is 2. The molecule has 2 heterocycles. The van der Waals surface area contributed by atoms with Crippen LogP contribution in [0.25, 0.3) is 17.1 Å². The molecule has 0 saturated carbocycles. The Kier molecular flexibility index (Phi) is 5.64. The van der Waals surface area contributed by atoms with Gasteiger partial charge in [0.25, 0.3) is 0 Å². The molecule has 9 heteroatoms. The van der Waals surface area contributed by atoms with Crippen LogP contribution in [0.15, 0.2) is 66.1 Å². The predicted molar refractivity (Wildman–Crippen MR) is 110 cm³/mol. The fourth-order valence-electron chi connectivity index (χ4n) is 2.84. The number of aromatic nitrogens is 5. The molecule has 0 unspecified atom stereocenters. The molecule has 5 nitrogen and oxygen atoms in total. The second-order valence-electron chi connectivity index (χ2n) is 6.30. The summed E-state index contributed by atoms with van der Waals surface area (Å²) in [6, 6.07) is 15.3. The molecule has 4 rings (SSSR count). The van der Waals surface area contributed by atoms with E-state index in [2.05, 4.69) is 15.2 Å². The van der Waals surface area contributed by atoms with Crippen LogP contribution in [0.4, 0.5) is 8.78 Å². The van der Waals surface area contributed by atoms with Crippen molar-refractivity contribution in [3.63, 3.8) is 0 Å². The first-order valence-corrected chi connectivity index (χ1v) is 10.1. The second kappa shape index (κ2) is 8.34. The molecule has 0 bridgehead atoms. The van der Waals surface area contributed by atoms with Crippen molar-refractivity contribution in [3.05, 3.63) is 77.3 Å². The van der Waals surface area contributed by atoms with Crippen LogP contribution in [0, 0.1) is 6.92 Å². The molecule has 0 aliphatic rings. The molecular weight excluding hydrogens is 416 g/mol. The van der Waals surface area contributed by atoms with Gasteiger partial charge in [0.2, 0.25) is 0 Å². The van der Waals surface area contributed by atoms with Gasteiger partial charge in [-0.3, -0.25) is 9.13 Å². The molecule has 0 spiro atoms. The van der Waals surface area contributed by atoms with E-state index in [1.165, 1.54) is 24.2 Å². The van der Waals surface area contributed by atoms with Crippen LogP contribution in [-0.4, -0.2) is 24.3 Å². The summed E-state index contributed by atoms with van der Waals surface area (Å²) in [5.74, 6) is 1.16. The molecule has 4 aromatic rings. The highest BCUT2D eigenvalue weighted by Crippen LogP contribution is 2.30. The number of hydrogen-bond donors (Lipinski definition) is 0. The zero-order valence-electron chi connectivity index (χ0n) is 15.3. The van der Waals surface area contributed by atoms with E-state index < -0.39 is 6.55 Å². The lowest BCUT2D eigenvalue weighted by Crippen LogP contribution is -2.03. The molecule has 0 fully saturated rings. The molecule has 2 aromatic carbocycles. The molecule has 0 saturated heterocycles. The van der Waals surface area contributed by atoms with Crippen molar-refractivity contribution in [2.45, 2.75) is 24.4 Å². The van der Waals surface area contributed by atoms with Crippen molar-refractivity contribution in [1.29, 1.82) is 0 Å². The number of aryl methyl sites for hydroxylation is 1. The van der Waals surface area contributed by atoms with Crippen LogP contribution >= 0.6 is 23.4 Å². The van der Waals surface area contributed by atoms with Crippen molar-refractivity contribution in [1.82, 2.24) is 24.3 Å². The van der Waals surface area contributed by atoms with E-state index in [0.717, 1.165) is 21.4 Å². The molecule has 0 aliphatic heterocycles. The van der Waals surface area contributed by atoms with Gasteiger partial charge in [-0.1, -0.05) is 53.2 Å². The van der Waals surface area contributed by atoms with Gasteiger partial charge in [0.1, 0.15) is 5.82 Å². The number of thioether (sulfide) groups is 1. The number of hydrogen-bond acceptors (Lipinski definition) is 4. The highest BCUT2D eigenvalue weighted by Gasteiger charge is 2.18. The molecule has 0 amide bonds. The topological polar surface area (TPSA) is 48.5 Å². The SMILES string of the molecule is Cc1ccc(-c2nnc(SCc3nccn3C(F)F)n2-c2ccc(Cl)cc2)cc1. The Hall–Kier alpha value is -2.71. The fourth-order valence-corrected chi connectivity index (χ4v) is 3.87. The van der Waals surface area contributed by atoms with E-state index in [1.807, 2.05) is 47.9 Å². The average Bonchev–Trinajstić information content (AvgIpc) is 3.34. The van der Waals surface area contributed by atoms with Crippen molar-refractivity contribution in [2.24, 2.45) is 0 Å². The summed E-state index contributed by atoms with van der Waals surface area (Å²) >= 11 is 7.33. The lowest BCUT2D eigenvalue weighted by Gasteiger charge is -2.11. The minimum absolute atomic E-state index is 0.233. The maximum Gasteiger partial charge on any atom is 0.319 e. The molecule has 29 heavy (non-hydrogen) atoms. The van der Waals surface area contributed by atoms with Gasteiger partial charge in [-0.15, -0.1) is 10.2 Å². The van der Waals surface area contributed by atoms with Gasteiger partial charge in [-0.25, -0.2) is 4.98 Å². The first-order chi connectivity index (χ1) is 14.0. The zero-order chi connectivity index (χ0) is 20.4. The lowest BCUT2D eigenvalue weighted by atomic mass is 10.1. The Bertz CT molecular complexity index is 1110. The molecule has 2 aromatic heterocycles. The number of halogens is 3. The van der Waals surface area contributed by atoms with Crippen LogP contribution in [0.3, 0.4) is 0 Å². The molecule has 0 N–H and O–H groups in total. The maximum absolute atomic E-state index is 13.1. The summed E-state index contributed by atoms with van der Waals surface area (Å²) in [6.07, 6.45) is 2.63. The number of rotatable bonds is 6. The fraction of sp³-hybridized carbons (Fsp3) is 0.150. The molecule has 0 aliphatic carbocycles. The largest absolute Gasteiger partial charge is 0.319 e. The summed E-state index contributed by atoms with van der Waals surface area (Å²) < 4.78 is 28.9. The van der Waals surface area contributed by atoms with Gasteiger partial charge in [0, 0.05) is 28.7 Å². The Morgan fingerprint density at radius 2 is 1.76 bits per heavy atom. The smallest absolute Gasteiger partial charge is 0.277 e. The van der Waals surface area contributed by atoms with Crippen molar-refractivity contribution < 1.29 is 8.78 Å². The van der Waals surface area contributed by atoms with Gasteiger partial charge in [-0.05, 0) is 31.2 Å². The van der Waals surface area contributed by atoms with Gasteiger partial charge in [0.05, 0.1) is 5.75 Å². The van der Waals surface area contributed by atoms with E-state index >= 15 is 0 Å². The van der Waals surface area contributed by atoms with Gasteiger partial charge >= 0.3 is 6.55 Å². The zero-order valence-corrected chi connectivity index (χ0v) is 16.9. The van der Waals surface area contributed by atoms with E-state index in [-0.39, 0.29) is 11.6 Å². The van der Waals surface area contributed by atoms with Gasteiger partial charge in [-0.2, -0.15) is 8.78 Å². The maximum atomic E-state index is 13.1. The van der Waals surface area contributed by atoms with Crippen LogP contribution in [0.5, 0.6) is 0 Å². The highest BCUT2D eigenvalue weighted by atomic mass is 35.5. The molecule has 0 atom stereocenters. The minimum Gasteiger partial charge on any atom is -0.277 e. The third-order valence-electron chi connectivity index (χ3n) is 4.32. The number of nitrogens with zero attached hydrogens (tertiary/aromatic N) is 5. The van der Waals surface area contributed by atoms with Crippen LogP contribution in [-0.2, 0) is 5.75 Å². The highest BCUT2D eigenvalue weighted by molar-refractivity contribution is 7.98. The van der Waals surface area contributed by atoms with Gasteiger partial charge in [0.15, 0.2) is 11.0 Å². The minimum atomic E-state index is -2.63. The van der Waals surface area contributed by atoms with E-state index in [4.69, 9.17) is 11.6 Å². The van der Waals surface area contributed by atoms with Gasteiger partial charge < -0.3 is 0 Å². The molecule has 148 valence electrons. The van der Waals surface area contributed by atoms with E-state index in [1.54, 1.807) is 12.1 Å². The van der Waals surface area contributed by atoms with Crippen LogP contribution < -0.4 is 0 Å². The standard InChI is InChI=1S/C20H16ClF2N5S/c1-13-2-4-14(5-3-13)18-25-26-20(28(18)16-8-6-15(21)7-9-16)29-12-17-24-10-11-27(17)19(22)23/h2-11,19H,12H2,1H3. The second-order valence-corrected chi connectivity index (χ2v) is 7.68. The van der Waals surface area contributed by atoms with Crippen LogP contribution in [0.2, 0.25) is 5.02 Å². The summed E-state index contributed by atoms with van der Waals surface area (Å²) in [5.41, 5.74) is 2.87. The Morgan fingerprint density at radius 3 is 2.45 bits per heavy atom. The van der Waals surface area contributed by atoms with Crippen LogP contribution in [0.1, 0.15) is 17.9 Å². The average molecular weight is 432 g/mol. The predicted octanol–water partition coefficient (Wildman–Crippen LogP) is 5.78. The van der Waals surface area contributed by atoms with E-state index in [9.17, 15) is 8.78 Å². The van der Waals surface area contributed by atoms with Crippen molar-refractivity contribution in [2.75, 3.05) is 0 Å². The Balaban J connectivity index is 1.72. The summed E-state index contributed by atoms with van der Waals surface area (Å²) in [5, 5.41) is 9.86. The summed E-state index contributed by atoms with van der Waals surface area (Å²) in [4.78, 5) is 4.03. The first-order valence-electron chi connectivity index (χ1n) is 8.74. The van der Waals surface area contributed by atoms with Crippen molar-refractivity contribution in [3.8, 4) is 17.1 Å². The first kappa shape index (κ1) is 19.6. The molecule has 0 radical (unpaired) electrons. The Labute approximate surface area is 175 Å². The normalized spacial score (nSPS) is 11.3. The summed E-state index contributed by atoms with van der Waals surface area (Å²) in [6.45, 7) is -0.620. The lowest BCUT2D eigenvalue weighted by molar-refractivity contribution is 0.0678. The monoisotopic (exact) mass is 431 g/mol. The third-order valence-corrected chi connectivity index (χ3v) is 5.49. The number of imidazole rings is 1. The number of benzene rings is 2. The van der Waals surface area contributed by atoms with Crippen molar-refractivity contribution >= 4 is 23.4 Å². The third kappa shape index (κ3) is 4.18. The van der Waals surface area contributed by atoms with E-state index in [0.29, 0.717) is 16.0 Å². The quantitative estimate of drug-likeness (QED) is 0.363. The summed E-state index contributed by atoms with van der Waals surface area (Å²) in [7, 11) is 0.